The molecule has 0 bridgehead atoms. The van der Waals surface area contributed by atoms with E-state index in [2.05, 4.69) is 31.1 Å². The number of nitrogens with two attached hydrogens (primary N) is 2. The van der Waals surface area contributed by atoms with E-state index in [1.807, 2.05) is 0 Å². The highest BCUT2D eigenvalue weighted by Gasteiger charge is 2.21. The van der Waals surface area contributed by atoms with Gasteiger partial charge < -0.3 is 11.5 Å². The molecule has 0 aliphatic carbocycles. The number of tetrazole rings is 2. The molecule has 0 saturated heterocycles. The molecule has 0 atom stereocenters. The predicted molar refractivity (Wildman–Crippen MR) is 44.6 cm³/mol. The Balaban J connectivity index is 2.59. The summed E-state index contributed by atoms with van der Waals surface area (Å²) in [6, 6.07) is -1.89. The Morgan fingerprint density at radius 3 is 1.56 bits per heavy atom. The second-order valence-corrected chi connectivity index (χ2v) is 2.51. The van der Waals surface area contributed by atoms with Crippen LogP contribution in [0.2, 0.25) is 0 Å². The molecule has 2 aromatic heterocycles. The van der Waals surface area contributed by atoms with Crippen LogP contribution in [0.25, 0.3) is 11.6 Å². The molecule has 0 unspecified atom stereocenters. The third-order valence-electron chi connectivity index (χ3n) is 1.56. The van der Waals surface area contributed by atoms with Crippen molar-refractivity contribution in [1.82, 2.24) is 40.4 Å². The SMILES string of the molecule is NC(=O)n1nnnc1-c1nnnn1C(N)=O. The Kier molecular flexibility index (Phi) is 2.01. The van der Waals surface area contributed by atoms with Gasteiger partial charge in [-0.3, -0.25) is 0 Å². The molecule has 2 amide bonds. The van der Waals surface area contributed by atoms with Crippen LogP contribution in [-0.4, -0.2) is 52.5 Å². The fourth-order valence-corrected chi connectivity index (χ4v) is 0.950. The van der Waals surface area contributed by atoms with Crippen LogP contribution in [0.5, 0.6) is 0 Å². The van der Waals surface area contributed by atoms with Gasteiger partial charge in [0.25, 0.3) is 0 Å². The summed E-state index contributed by atoms with van der Waals surface area (Å²) >= 11 is 0. The zero-order valence-corrected chi connectivity index (χ0v) is 7.55. The molecule has 0 radical (unpaired) electrons. The van der Waals surface area contributed by atoms with Gasteiger partial charge in [-0.2, -0.15) is 0 Å². The largest absolute Gasteiger partial charge is 0.350 e. The lowest BCUT2D eigenvalue weighted by Gasteiger charge is -1.97. The van der Waals surface area contributed by atoms with Crippen molar-refractivity contribution in [3.8, 4) is 11.6 Å². The summed E-state index contributed by atoms with van der Waals surface area (Å²) in [7, 11) is 0. The van der Waals surface area contributed by atoms with Crippen molar-refractivity contribution in [2.24, 2.45) is 11.5 Å². The van der Waals surface area contributed by atoms with Gasteiger partial charge in [-0.1, -0.05) is 0 Å². The van der Waals surface area contributed by atoms with Crippen molar-refractivity contribution in [2.45, 2.75) is 0 Å². The zero-order valence-electron chi connectivity index (χ0n) is 7.55. The van der Waals surface area contributed by atoms with E-state index in [1.165, 1.54) is 0 Å². The van der Waals surface area contributed by atoms with Gasteiger partial charge >= 0.3 is 12.1 Å². The van der Waals surface area contributed by atoms with Gasteiger partial charge in [0, 0.05) is 0 Å². The minimum absolute atomic E-state index is 0.184. The fraction of sp³-hybridized carbons (Fsp3) is 0. The third kappa shape index (κ3) is 1.33. The molecule has 2 heterocycles. The first-order chi connectivity index (χ1) is 7.61. The van der Waals surface area contributed by atoms with Crippen LogP contribution in [0.15, 0.2) is 0 Å². The van der Waals surface area contributed by atoms with Crippen molar-refractivity contribution in [3.05, 3.63) is 0 Å². The summed E-state index contributed by atoms with van der Waals surface area (Å²) in [6.07, 6.45) is 0. The van der Waals surface area contributed by atoms with Crippen LogP contribution >= 0.6 is 0 Å². The number of carbonyl (C=O) groups excluding carboxylic acids is 2. The normalized spacial score (nSPS) is 10.2. The molecule has 2 rings (SSSR count). The molecule has 2 aromatic rings. The van der Waals surface area contributed by atoms with E-state index in [9.17, 15) is 9.59 Å². The maximum atomic E-state index is 10.9. The minimum atomic E-state index is -0.945. The molecule has 12 nitrogen and oxygen atoms in total. The van der Waals surface area contributed by atoms with Crippen LogP contribution in [-0.2, 0) is 0 Å². The molecule has 82 valence electrons. The molecule has 0 aromatic carbocycles. The molecule has 12 heteroatoms. The number of primary amides is 2. The van der Waals surface area contributed by atoms with Crippen LogP contribution in [0.1, 0.15) is 0 Å². The summed E-state index contributed by atoms with van der Waals surface area (Å²) in [4.78, 5) is 21.8. The van der Waals surface area contributed by atoms with Crippen LogP contribution < -0.4 is 11.5 Å². The lowest BCUT2D eigenvalue weighted by Crippen LogP contribution is -2.25. The molecule has 0 aliphatic heterocycles. The Hall–Kier alpha value is -2.92. The van der Waals surface area contributed by atoms with Crippen molar-refractivity contribution in [1.29, 1.82) is 0 Å². The second kappa shape index (κ2) is 3.34. The Morgan fingerprint density at radius 2 is 1.25 bits per heavy atom. The van der Waals surface area contributed by atoms with Gasteiger partial charge in [-0.25, -0.2) is 9.59 Å². The highest BCUT2D eigenvalue weighted by Crippen LogP contribution is 2.09. The van der Waals surface area contributed by atoms with E-state index in [4.69, 9.17) is 11.5 Å². The summed E-state index contributed by atoms with van der Waals surface area (Å²) in [5.41, 5.74) is 9.96. The van der Waals surface area contributed by atoms with E-state index < -0.39 is 12.1 Å². The Morgan fingerprint density at radius 1 is 0.875 bits per heavy atom. The second-order valence-electron chi connectivity index (χ2n) is 2.51. The van der Waals surface area contributed by atoms with E-state index in [0.717, 1.165) is 0 Å². The quantitative estimate of drug-likeness (QED) is 0.487. The van der Waals surface area contributed by atoms with Gasteiger partial charge in [0.05, 0.1) is 0 Å². The van der Waals surface area contributed by atoms with E-state index in [0.29, 0.717) is 9.36 Å². The standard InChI is InChI=1S/C4H4N10O2/c5-3(15)13-1(7-9-11-13)2-8-10-12-14(2)4(6)16/h(H2,5,15)(H2,6,16). The number of carbonyl (C=O) groups is 2. The van der Waals surface area contributed by atoms with Crippen molar-refractivity contribution >= 4 is 12.1 Å². The number of aromatic nitrogens is 8. The number of amides is 2. The van der Waals surface area contributed by atoms with Crippen LogP contribution in [0.4, 0.5) is 9.59 Å². The number of hydrogen-bond acceptors (Lipinski definition) is 8. The molecule has 16 heavy (non-hydrogen) atoms. The minimum Gasteiger partial charge on any atom is -0.350 e. The number of hydrogen-bond donors (Lipinski definition) is 2. The van der Waals surface area contributed by atoms with Gasteiger partial charge in [0.15, 0.2) is 0 Å². The maximum Gasteiger partial charge on any atom is 0.343 e. The first-order valence-electron chi connectivity index (χ1n) is 3.78. The summed E-state index contributed by atoms with van der Waals surface area (Å²) in [6.45, 7) is 0. The Bertz CT molecular complexity index is 502. The third-order valence-corrected chi connectivity index (χ3v) is 1.56. The maximum absolute atomic E-state index is 10.9. The van der Waals surface area contributed by atoms with Gasteiger partial charge in [-0.05, 0) is 20.9 Å². The highest BCUT2D eigenvalue weighted by atomic mass is 16.2. The summed E-state index contributed by atoms with van der Waals surface area (Å²) in [5, 5.41) is 19.9. The van der Waals surface area contributed by atoms with Gasteiger partial charge in [0.2, 0.25) is 11.6 Å². The first kappa shape index (κ1) is 9.63. The highest BCUT2D eigenvalue weighted by molar-refractivity contribution is 5.80. The molecule has 4 N–H and O–H groups in total. The Labute approximate surface area is 86.2 Å². The lowest BCUT2D eigenvalue weighted by atomic mass is 10.5. The molecular weight excluding hydrogens is 220 g/mol. The topological polar surface area (TPSA) is 173 Å². The van der Waals surface area contributed by atoms with Crippen molar-refractivity contribution in [2.75, 3.05) is 0 Å². The van der Waals surface area contributed by atoms with Crippen molar-refractivity contribution < 1.29 is 9.59 Å². The van der Waals surface area contributed by atoms with E-state index in [-0.39, 0.29) is 11.6 Å². The van der Waals surface area contributed by atoms with E-state index >= 15 is 0 Å². The molecular formula is C4H4N10O2. The van der Waals surface area contributed by atoms with Gasteiger partial charge in [-0.15, -0.1) is 19.6 Å². The molecule has 0 fully saturated rings. The van der Waals surface area contributed by atoms with E-state index in [1.54, 1.807) is 0 Å². The lowest BCUT2D eigenvalue weighted by molar-refractivity contribution is 0.245. The van der Waals surface area contributed by atoms with Gasteiger partial charge in [0.1, 0.15) is 0 Å². The average molecular weight is 224 g/mol. The molecule has 0 aliphatic rings. The number of nitrogens with zero attached hydrogens (tertiary/aromatic N) is 8. The summed E-state index contributed by atoms with van der Waals surface area (Å²) < 4.78 is 1.26. The van der Waals surface area contributed by atoms with Crippen LogP contribution in [0, 0.1) is 0 Å². The van der Waals surface area contributed by atoms with Crippen LogP contribution in [0.3, 0.4) is 0 Å². The van der Waals surface area contributed by atoms with Crippen molar-refractivity contribution in [3.63, 3.8) is 0 Å². The number of rotatable bonds is 1. The monoisotopic (exact) mass is 224 g/mol. The first-order valence-corrected chi connectivity index (χ1v) is 3.78. The predicted octanol–water partition coefficient (Wildman–Crippen LogP) is -2.82. The fourth-order valence-electron chi connectivity index (χ4n) is 0.950. The summed E-state index contributed by atoms with van der Waals surface area (Å²) in [5.74, 6) is -0.368. The molecule has 0 saturated carbocycles. The smallest absolute Gasteiger partial charge is 0.343 e. The molecule has 0 spiro atoms. The average Bonchev–Trinajstić information content (AvgIpc) is 2.85. The zero-order chi connectivity index (χ0) is 11.7.